The van der Waals surface area contributed by atoms with Crippen LogP contribution >= 0.6 is 0 Å². The molecule has 0 radical (unpaired) electrons. The topological polar surface area (TPSA) is 46.3 Å². The summed E-state index contributed by atoms with van der Waals surface area (Å²) in [7, 11) is 0. The van der Waals surface area contributed by atoms with Gasteiger partial charge in [-0.05, 0) is 67.6 Å². The summed E-state index contributed by atoms with van der Waals surface area (Å²) in [5, 5.41) is 0. The van der Waals surface area contributed by atoms with Gasteiger partial charge in [-0.25, -0.2) is 0 Å². The number of nitrogen functional groups attached to an aromatic ring is 1. The van der Waals surface area contributed by atoms with Crippen molar-refractivity contribution in [2.75, 3.05) is 17.2 Å². The highest BCUT2D eigenvalue weighted by Gasteiger charge is 2.24. The first-order chi connectivity index (χ1) is 10.1. The standard InChI is InChI=1S/C18H20N2O/c1-12-8-9-14(11-13(12)2)18(21)20-10-4-5-15-16(19)6-3-7-17(15)20/h3,6-9,11H,4-5,10,19H2,1-2H3. The van der Waals surface area contributed by atoms with Crippen LogP contribution in [0.5, 0.6) is 0 Å². The molecule has 1 aliphatic heterocycles. The molecule has 0 aromatic heterocycles. The lowest BCUT2D eigenvalue weighted by atomic mass is 9.98. The Labute approximate surface area is 125 Å². The maximum Gasteiger partial charge on any atom is 0.258 e. The van der Waals surface area contributed by atoms with Crippen LogP contribution in [0.15, 0.2) is 36.4 Å². The van der Waals surface area contributed by atoms with Gasteiger partial charge in [0, 0.05) is 23.5 Å². The second-order valence-corrected chi connectivity index (χ2v) is 5.70. The Morgan fingerprint density at radius 2 is 1.95 bits per heavy atom. The van der Waals surface area contributed by atoms with Gasteiger partial charge in [0.1, 0.15) is 0 Å². The molecule has 0 aliphatic carbocycles. The van der Waals surface area contributed by atoms with E-state index in [9.17, 15) is 4.79 Å². The number of amides is 1. The van der Waals surface area contributed by atoms with E-state index in [0.29, 0.717) is 0 Å². The molecule has 3 rings (SSSR count). The molecule has 0 saturated heterocycles. The van der Waals surface area contributed by atoms with Crippen LogP contribution in [0.4, 0.5) is 11.4 Å². The lowest BCUT2D eigenvalue weighted by Gasteiger charge is -2.30. The molecule has 3 heteroatoms. The number of nitrogens with zero attached hydrogens (tertiary/aromatic N) is 1. The fraction of sp³-hybridized carbons (Fsp3) is 0.278. The van der Waals surface area contributed by atoms with Gasteiger partial charge < -0.3 is 10.6 Å². The summed E-state index contributed by atoms with van der Waals surface area (Å²) in [6.45, 7) is 4.84. The molecule has 1 amide bonds. The highest BCUT2D eigenvalue weighted by atomic mass is 16.2. The normalized spacial score (nSPS) is 13.9. The second-order valence-electron chi connectivity index (χ2n) is 5.70. The average molecular weight is 280 g/mol. The smallest absolute Gasteiger partial charge is 0.258 e. The molecular formula is C18H20N2O. The summed E-state index contributed by atoms with van der Waals surface area (Å²) in [5.41, 5.74) is 12.0. The molecule has 108 valence electrons. The van der Waals surface area contributed by atoms with E-state index in [0.717, 1.165) is 47.5 Å². The van der Waals surface area contributed by atoms with Crippen molar-refractivity contribution in [2.45, 2.75) is 26.7 Å². The van der Waals surface area contributed by atoms with Gasteiger partial charge in [0.05, 0.1) is 0 Å². The van der Waals surface area contributed by atoms with Crippen LogP contribution < -0.4 is 10.6 Å². The quantitative estimate of drug-likeness (QED) is 0.813. The zero-order valence-electron chi connectivity index (χ0n) is 12.5. The van der Waals surface area contributed by atoms with Crippen molar-refractivity contribution in [1.29, 1.82) is 0 Å². The van der Waals surface area contributed by atoms with Crippen LogP contribution in [0.1, 0.15) is 33.5 Å². The SMILES string of the molecule is Cc1ccc(C(=O)N2CCCc3c(N)cccc32)cc1C. The molecule has 2 aromatic carbocycles. The molecule has 0 atom stereocenters. The third kappa shape index (κ3) is 2.40. The van der Waals surface area contributed by atoms with Crippen molar-refractivity contribution in [3.8, 4) is 0 Å². The first kappa shape index (κ1) is 13.7. The second kappa shape index (κ2) is 5.24. The molecule has 0 saturated carbocycles. The molecule has 1 heterocycles. The van der Waals surface area contributed by atoms with E-state index in [1.54, 1.807) is 0 Å². The van der Waals surface area contributed by atoms with E-state index in [2.05, 4.69) is 6.92 Å². The van der Waals surface area contributed by atoms with Crippen molar-refractivity contribution in [2.24, 2.45) is 0 Å². The Morgan fingerprint density at radius 1 is 1.14 bits per heavy atom. The van der Waals surface area contributed by atoms with E-state index in [4.69, 9.17) is 5.73 Å². The van der Waals surface area contributed by atoms with Gasteiger partial charge in [-0.1, -0.05) is 12.1 Å². The van der Waals surface area contributed by atoms with E-state index in [1.165, 1.54) is 5.56 Å². The van der Waals surface area contributed by atoms with Gasteiger partial charge in [0.25, 0.3) is 5.91 Å². The summed E-state index contributed by atoms with van der Waals surface area (Å²) in [6, 6.07) is 11.7. The molecule has 3 nitrogen and oxygen atoms in total. The van der Waals surface area contributed by atoms with Crippen LogP contribution in [0, 0.1) is 13.8 Å². The summed E-state index contributed by atoms with van der Waals surface area (Å²) >= 11 is 0. The largest absolute Gasteiger partial charge is 0.398 e. The van der Waals surface area contributed by atoms with Gasteiger partial charge in [-0.3, -0.25) is 4.79 Å². The zero-order valence-corrected chi connectivity index (χ0v) is 12.5. The molecule has 0 fully saturated rings. The van der Waals surface area contributed by atoms with Crippen molar-refractivity contribution >= 4 is 17.3 Å². The lowest BCUT2D eigenvalue weighted by molar-refractivity contribution is 0.0985. The zero-order chi connectivity index (χ0) is 15.0. The number of nitrogens with two attached hydrogens (primary N) is 1. The number of carbonyl (C=O) groups excluding carboxylic acids is 1. The monoisotopic (exact) mass is 280 g/mol. The number of aryl methyl sites for hydroxylation is 2. The Balaban J connectivity index is 2.00. The van der Waals surface area contributed by atoms with E-state index in [1.807, 2.05) is 48.2 Å². The summed E-state index contributed by atoms with van der Waals surface area (Å²) in [4.78, 5) is 14.7. The van der Waals surface area contributed by atoms with Crippen molar-refractivity contribution in [3.05, 3.63) is 58.7 Å². The number of anilines is 2. The van der Waals surface area contributed by atoms with E-state index >= 15 is 0 Å². The molecule has 0 bridgehead atoms. The molecule has 2 N–H and O–H groups in total. The Morgan fingerprint density at radius 3 is 2.71 bits per heavy atom. The van der Waals surface area contributed by atoms with Gasteiger partial charge in [0.15, 0.2) is 0 Å². The number of benzene rings is 2. The minimum absolute atomic E-state index is 0.0599. The predicted molar refractivity (Wildman–Crippen MR) is 86.8 cm³/mol. The molecule has 1 aliphatic rings. The summed E-state index contributed by atoms with van der Waals surface area (Å²) in [6.07, 6.45) is 1.90. The number of carbonyl (C=O) groups is 1. The minimum atomic E-state index is 0.0599. The molecule has 21 heavy (non-hydrogen) atoms. The van der Waals surface area contributed by atoms with E-state index in [-0.39, 0.29) is 5.91 Å². The van der Waals surface area contributed by atoms with Crippen molar-refractivity contribution in [3.63, 3.8) is 0 Å². The van der Waals surface area contributed by atoms with E-state index < -0.39 is 0 Å². The third-order valence-corrected chi connectivity index (χ3v) is 4.29. The lowest BCUT2D eigenvalue weighted by Crippen LogP contribution is -2.35. The first-order valence-corrected chi connectivity index (χ1v) is 7.34. The molecular weight excluding hydrogens is 260 g/mol. The highest BCUT2D eigenvalue weighted by molar-refractivity contribution is 6.07. The Kier molecular flexibility index (Phi) is 3.42. The highest BCUT2D eigenvalue weighted by Crippen LogP contribution is 2.32. The third-order valence-electron chi connectivity index (χ3n) is 4.29. The Hall–Kier alpha value is -2.29. The first-order valence-electron chi connectivity index (χ1n) is 7.34. The van der Waals surface area contributed by atoms with Crippen molar-refractivity contribution < 1.29 is 4.79 Å². The fourth-order valence-corrected chi connectivity index (χ4v) is 2.89. The minimum Gasteiger partial charge on any atom is -0.398 e. The molecule has 2 aromatic rings. The van der Waals surface area contributed by atoms with Gasteiger partial charge in [0.2, 0.25) is 0 Å². The summed E-state index contributed by atoms with van der Waals surface area (Å²) in [5.74, 6) is 0.0599. The Bertz CT molecular complexity index is 706. The number of rotatable bonds is 1. The van der Waals surface area contributed by atoms with Gasteiger partial charge in [-0.2, -0.15) is 0 Å². The number of fused-ring (bicyclic) bond motifs is 1. The van der Waals surface area contributed by atoms with Gasteiger partial charge in [-0.15, -0.1) is 0 Å². The van der Waals surface area contributed by atoms with Crippen LogP contribution in [0.3, 0.4) is 0 Å². The molecule has 0 spiro atoms. The maximum atomic E-state index is 12.8. The fourth-order valence-electron chi connectivity index (χ4n) is 2.89. The maximum absolute atomic E-state index is 12.8. The van der Waals surface area contributed by atoms with Crippen LogP contribution in [-0.2, 0) is 6.42 Å². The van der Waals surface area contributed by atoms with Gasteiger partial charge >= 0.3 is 0 Å². The molecule has 0 unspecified atom stereocenters. The number of hydrogen-bond donors (Lipinski definition) is 1. The van der Waals surface area contributed by atoms with Crippen LogP contribution in [-0.4, -0.2) is 12.5 Å². The van der Waals surface area contributed by atoms with Crippen LogP contribution in [0.25, 0.3) is 0 Å². The number of hydrogen-bond acceptors (Lipinski definition) is 2. The summed E-state index contributed by atoms with van der Waals surface area (Å²) < 4.78 is 0. The predicted octanol–water partition coefficient (Wildman–Crippen LogP) is 3.48. The average Bonchev–Trinajstić information content (AvgIpc) is 2.49. The van der Waals surface area contributed by atoms with Crippen LogP contribution in [0.2, 0.25) is 0 Å². The van der Waals surface area contributed by atoms with Crippen molar-refractivity contribution in [1.82, 2.24) is 0 Å².